The molecule has 1 unspecified atom stereocenters. The van der Waals surface area contributed by atoms with Gasteiger partial charge < -0.3 is 5.32 Å². The van der Waals surface area contributed by atoms with Crippen LogP contribution in [0.15, 0.2) is 84.9 Å². The Labute approximate surface area is 150 Å². The Balaban J connectivity index is 1.71. The summed E-state index contributed by atoms with van der Waals surface area (Å²) in [6, 6.07) is 26.6. The van der Waals surface area contributed by atoms with Crippen molar-refractivity contribution in [1.82, 2.24) is 4.98 Å². The van der Waals surface area contributed by atoms with E-state index in [1.54, 1.807) is 11.3 Å². The normalized spacial score (nSPS) is 12.0. The largest absolute Gasteiger partial charge is 0.347 e. The summed E-state index contributed by atoms with van der Waals surface area (Å²) in [6.07, 6.45) is 0. The lowest BCUT2D eigenvalue weighted by Gasteiger charge is -2.17. The molecular formula is C21H16N2OS. The van der Waals surface area contributed by atoms with Crippen molar-refractivity contribution in [3.05, 3.63) is 96.1 Å². The molecule has 25 heavy (non-hydrogen) atoms. The summed E-state index contributed by atoms with van der Waals surface area (Å²) >= 11 is 1.56. The van der Waals surface area contributed by atoms with Gasteiger partial charge in [0, 0.05) is 5.56 Å². The van der Waals surface area contributed by atoms with Gasteiger partial charge in [-0.3, -0.25) is 4.79 Å². The minimum absolute atomic E-state index is 0.0334. The maximum Gasteiger partial charge on any atom is 0.189 e. The lowest BCUT2D eigenvalue weighted by molar-refractivity contribution is 0.0969. The maximum absolute atomic E-state index is 13.1. The molecule has 0 amide bonds. The van der Waals surface area contributed by atoms with Gasteiger partial charge in [-0.05, 0) is 17.7 Å². The number of carbonyl (C=O) groups is 1. The van der Waals surface area contributed by atoms with Crippen LogP contribution in [0.3, 0.4) is 0 Å². The molecule has 122 valence electrons. The van der Waals surface area contributed by atoms with E-state index in [4.69, 9.17) is 0 Å². The number of hydrogen-bond donors (Lipinski definition) is 1. The van der Waals surface area contributed by atoms with E-state index in [-0.39, 0.29) is 5.78 Å². The summed E-state index contributed by atoms with van der Waals surface area (Å²) in [6.45, 7) is 0. The molecule has 1 N–H and O–H groups in total. The van der Waals surface area contributed by atoms with Crippen LogP contribution in [-0.4, -0.2) is 10.8 Å². The van der Waals surface area contributed by atoms with Gasteiger partial charge in [0.15, 0.2) is 10.9 Å². The Kier molecular flexibility index (Phi) is 4.27. The number of rotatable bonds is 5. The molecular weight excluding hydrogens is 328 g/mol. The lowest BCUT2D eigenvalue weighted by atomic mass is 9.97. The number of benzene rings is 3. The van der Waals surface area contributed by atoms with E-state index in [1.165, 1.54) is 0 Å². The highest BCUT2D eigenvalue weighted by atomic mass is 32.1. The average Bonchev–Trinajstić information content (AvgIpc) is 3.09. The van der Waals surface area contributed by atoms with Gasteiger partial charge >= 0.3 is 0 Å². The first kappa shape index (κ1) is 15.5. The van der Waals surface area contributed by atoms with Crippen molar-refractivity contribution in [2.45, 2.75) is 6.04 Å². The molecule has 3 aromatic carbocycles. The highest BCUT2D eigenvalue weighted by Crippen LogP contribution is 2.30. The zero-order valence-corrected chi connectivity index (χ0v) is 14.2. The molecule has 0 aliphatic heterocycles. The van der Waals surface area contributed by atoms with E-state index in [0.29, 0.717) is 5.56 Å². The van der Waals surface area contributed by atoms with Crippen LogP contribution in [0.25, 0.3) is 10.2 Å². The smallest absolute Gasteiger partial charge is 0.189 e. The maximum atomic E-state index is 13.1. The highest BCUT2D eigenvalue weighted by Gasteiger charge is 2.23. The van der Waals surface area contributed by atoms with Gasteiger partial charge in [0.2, 0.25) is 0 Å². The molecule has 0 saturated carbocycles. The number of Topliss-reactive ketones (excluding diaryl/α,β-unsaturated/α-hetero) is 1. The molecule has 0 aliphatic carbocycles. The molecule has 0 bridgehead atoms. The zero-order chi connectivity index (χ0) is 17.1. The topological polar surface area (TPSA) is 42.0 Å². The molecule has 1 atom stereocenters. The zero-order valence-electron chi connectivity index (χ0n) is 13.4. The third kappa shape index (κ3) is 3.30. The number of thiazole rings is 1. The summed E-state index contributed by atoms with van der Waals surface area (Å²) in [7, 11) is 0. The van der Waals surface area contributed by atoms with Crippen LogP contribution < -0.4 is 5.32 Å². The lowest BCUT2D eigenvalue weighted by Crippen LogP contribution is -2.21. The molecule has 0 fully saturated rings. The summed E-state index contributed by atoms with van der Waals surface area (Å²) < 4.78 is 1.10. The molecule has 0 saturated heterocycles. The number of nitrogens with zero attached hydrogens (tertiary/aromatic N) is 1. The monoisotopic (exact) mass is 344 g/mol. The second kappa shape index (κ2) is 6.87. The van der Waals surface area contributed by atoms with Crippen molar-refractivity contribution in [1.29, 1.82) is 0 Å². The molecule has 4 rings (SSSR count). The first-order valence-corrected chi connectivity index (χ1v) is 8.89. The van der Waals surface area contributed by atoms with E-state index in [1.807, 2.05) is 84.9 Å². The Morgan fingerprint density at radius 1 is 0.840 bits per heavy atom. The van der Waals surface area contributed by atoms with E-state index >= 15 is 0 Å². The van der Waals surface area contributed by atoms with Crippen molar-refractivity contribution < 1.29 is 4.79 Å². The highest BCUT2D eigenvalue weighted by molar-refractivity contribution is 7.22. The molecule has 0 radical (unpaired) electrons. The van der Waals surface area contributed by atoms with Crippen LogP contribution >= 0.6 is 11.3 Å². The van der Waals surface area contributed by atoms with Gasteiger partial charge in [0.1, 0.15) is 6.04 Å². The predicted octanol–water partition coefficient (Wildman–Crippen LogP) is 5.33. The fourth-order valence-corrected chi connectivity index (χ4v) is 3.67. The average molecular weight is 344 g/mol. The molecule has 1 aromatic heterocycles. The number of ketones is 1. The Hall–Kier alpha value is -2.98. The minimum Gasteiger partial charge on any atom is -0.347 e. The number of aromatic nitrogens is 1. The first-order valence-electron chi connectivity index (χ1n) is 8.07. The van der Waals surface area contributed by atoms with Gasteiger partial charge in [-0.25, -0.2) is 4.98 Å². The Morgan fingerprint density at radius 3 is 2.20 bits per heavy atom. The Morgan fingerprint density at radius 2 is 1.48 bits per heavy atom. The molecule has 1 heterocycles. The van der Waals surface area contributed by atoms with E-state index in [0.717, 1.165) is 20.9 Å². The second-order valence-electron chi connectivity index (χ2n) is 5.71. The van der Waals surface area contributed by atoms with Crippen molar-refractivity contribution in [2.24, 2.45) is 0 Å². The van der Waals surface area contributed by atoms with Crippen molar-refractivity contribution in [2.75, 3.05) is 5.32 Å². The van der Waals surface area contributed by atoms with Crippen LogP contribution in [-0.2, 0) is 0 Å². The van der Waals surface area contributed by atoms with E-state index in [9.17, 15) is 4.79 Å². The van der Waals surface area contributed by atoms with Crippen LogP contribution in [0.1, 0.15) is 22.0 Å². The first-order chi connectivity index (χ1) is 12.3. The van der Waals surface area contributed by atoms with Crippen molar-refractivity contribution in [3.8, 4) is 0 Å². The van der Waals surface area contributed by atoms with Crippen LogP contribution in [0.2, 0.25) is 0 Å². The molecule has 3 nitrogen and oxygen atoms in total. The second-order valence-corrected chi connectivity index (χ2v) is 6.74. The van der Waals surface area contributed by atoms with Crippen LogP contribution in [0.5, 0.6) is 0 Å². The predicted molar refractivity (Wildman–Crippen MR) is 103 cm³/mol. The summed E-state index contributed by atoms with van der Waals surface area (Å²) in [5.74, 6) is 0.0334. The van der Waals surface area contributed by atoms with Gasteiger partial charge in [-0.1, -0.05) is 84.1 Å². The number of anilines is 1. The van der Waals surface area contributed by atoms with Crippen molar-refractivity contribution in [3.63, 3.8) is 0 Å². The summed E-state index contributed by atoms with van der Waals surface area (Å²) in [4.78, 5) is 17.7. The SMILES string of the molecule is O=C(c1ccccc1)C(Nc1nc2ccccc2s1)c1ccccc1. The van der Waals surface area contributed by atoms with E-state index < -0.39 is 6.04 Å². The third-order valence-corrected chi connectivity index (χ3v) is 4.98. The Bertz CT molecular complexity index is 963. The van der Waals surface area contributed by atoms with Crippen LogP contribution in [0.4, 0.5) is 5.13 Å². The van der Waals surface area contributed by atoms with Gasteiger partial charge in [-0.2, -0.15) is 0 Å². The molecule has 0 spiro atoms. The van der Waals surface area contributed by atoms with Crippen LogP contribution in [0, 0.1) is 0 Å². The quantitative estimate of drug-likeness (QED) is 0.497. The minimum atomic E-state index is -0.468. The summed E-state index contributed by atoms with van der Waals surface area (Å²) in [5, 5.41) is 4.09. The third-order valence-electron chi connectivity index (χ3n) is 4.02. The fraction of sp³-hybridized carbons (Fsp3) is 0.0476. The number of para-hydroxylation sites is 1. The molecule has 4 aromatic rings. The van der Waals surface area contributed by atoms with Gasteiger partial charge in [0.05, 0.1) is 10.2 Å². The van der Waals surface area contributed by atoms with Gasteiger partial charge in [0.25, 0.3) is 0 Å². The number of fused-ring (bicyclic) bond motifs is 1. The number of carbonyl (C=O) groups excluding carboxylic acids is 1. The number of hydrogen-bond acceptors (Lipinski definition) is 4. The van der Waals surface area contributed by atoms with Crippen molar-refractivity contribution >= 4 is 32.5 Å². The fourth-order valence-electron chi connectivity index (χ4n) is 2.77. The van der Waals surface area contributed by atoms with Gasteiger partial charge in [-0.15, -0.1) is 0 Å². The van der Waals surface area contributed by atoms with E-state index in [2.05, 4.69) is 10.3 Å². The molecule has 0 aliphatic rings. The summed E-state index contributed by atoms with van der Waals surface area (Å²) in [5.41, 5.74) is 2.55. The standard InChI is InChI=1S/C21H16N2OS/c24-20(16-11-5-2-6-12-16)19(15-9-3-1-4-10-15)23-21-22-17-13-7-8-14-18(17)25-21/h1-14,19H,(H,22,23). The number of nitrogens with one attached hydrogen (secondary N) is 1. The molecule has 4 heteroatoms.